The highest BCUT2D eigenvalue weighted by Crippen LogP contribution is 2.32. The van der Waals surface area contributed by atoms with Crippen molar-refractivity contribution in [3.63, 3.8) is 0 Å². The van der Waals surface area contributed by atoms with Gasteiger partial charge in [0.05, 0.1) is 6.61 Å². The molecule has 4 aromatic carbocycles. The number of rotatable bonds is 13. The van der Waals surface area contributed by atoms with E-state index in [-0.39, 0.29) is 12.6 Å². The van der Waals surface area contributed by atoms with Gasteiger partial charge >= 0.3 is 5.97 Å². The maximum absolute atomic E-state index is 11.9. The summed E-state index contributed by atoms with van der Waals surface area (Å²) in [6.07, 6.45) is 9.62. The molecule has 0 heterocycles. The van der Waals surface area contributed by atoms with E-state index in [4.69, 9.17) is 4.74 Å². The molecule has 1 N–H and O–H groups in total. The van der Waals surface area contributed by atoms with Crippen LogP contribution in [-0.2, 0) is 35.2 Å². The van der Waals surface area contributed by atoms with Gasteiger partial charge in [-0.3, -0.25) is 0 Å². The first-order chi connectivity index (χ1) is 19.9. The average molecular weight is 547 g/mol. The minimum Gasteiger partial charge on any atom is -0.462 e. The first kappa shape index (κ1) is 30.0. The smallest absolute Gasteiger partial charge is 0.333 e. The van der Waals surface area contributed by atoms with Crippen LogP contribution in [0.3, 0.4) is 0 Å². The number of hydrogen-bond donors (Lipinski definition) is 1. The van der Waals surface area contributed by atoms with Gasteiger partial charge in [0, 0.05) is 18.6 Å². The molecule has 0 unspecified atom stereocenters. The second-order valence-corrected chi connectivity index (χ2v) is 10.7. The molecular formula is C38H42O3. The Kier molecular flexibility index (Phi) is 10.7. The van der Waals surface area contributed by atoms with E-state index in [1.807, 2.05) is 0 Å². The molecule has 0 aliphatic carbocycles. The summed E-state index contributed by atoms with van der Waals surface area (Å²) >= 11 is 0. The van der Waals surface area contributed by atoms with Gasteiger partial charge in [0.1, 0.15) is 0 Å². The molecule has 0 atom stereocenters. The van der Waals surface area contributed by atoms with Crippen LogP contribution >= 0.6 is 0 Å². The van der Waals surface area contributed by atoms with E-state index in [1.165, 1.54) is 38.6 Å². The van der Waals surface area contributed by atoms with E-state index in [0.29, 0.717) is 25.0 Å². The van der Waals surface area contributed by atoms with Crippen LogP contribution in [0.4, 0.5) is 0 Å². The molecule has 0 aliphatic heterocycles. The number of benzene rings is 4. The van der Waals surface area contributed by atoms with Crippen molar-refractivity contribution in [2.75, 3.05) is 13.2 Å². The molecule has 212 valence electrons. The van der Waals surface area contributed by atoms with E-state index in [2.05, 4.69) is 105 Å². The third kappa shape index (κ3) is 7.83. The van der Waals surface area contributed by atoms with Crippen LogP contribution in [-0.4, -0.2) is 24.3 Å². The molecule has 0 aromatic heterocycles. The van der Waals surface area contributed by atoms with Gasteiger partial charge in [-0.15, -0.1) is 0 Å². The number of aryl methyl sites for hydroxylation is 3. The summed E-state index contributed by atoms with van der Waals surface area (Å²) in [5.74, 6) is -0.363. The number of carbonyl (C=O) groups is 1. The average Bonchev–Trinajstić information content (AvgIpc) is 2.99. The number of esters is 1. The normalized spacial score (nSPS) is 11.3. The second kappa shape index (κ2) is 14.6. The number of ether oxygens (including phenoxy) is 1. The molecule has 41 heavy (non-hydrogen) atoms. The molecule has 0 saturated carbocycles. The van der Waals surface area contributed by atoms with Gasteiger partial charge in [0.2, 0.25) is 0 Å². The van der Waals surface area contributed by atoms with E-state index in [1.54, 1.807) is 6.92 Å². The molecule has 0 bridgehead atoms. The lowest BCUT2D eigenvalue weighted by Crippen LogP contribution is -2.09. The molecule has 0 spiro atoms. The number of aliphatic hydroxyl groups is 1. The van der Waals surface area contributed by atoms with Crippen molar-refractivity contribution in [2.24, 2.45) is 0 Å². The molecule has 4 aromatic rings. The van der Waals surface area contributed by atoms with Crippen molar-refractivity contribution in [3.8, 4) is 22.3 Å². The van der Waals surface area contributed by atoms with Crippen molar-refractivity contribution >= 4 is 16.7 Å². The Morgan fingerprint density at radius 3 is 2.24 bits per heavy atom. The van der Waals surface area contributed by atoms with Crippen LogP contribution in [0.15, 0.2) is 97.1 Å². The van der Waals surface area contributed by atoms with Crippen LogP contribution in [0.1, 0.15) is 55.9 Å². The number of aliphatic hydroxyl groups excluding tert-OH is 1. The first-order valence-corrected chi connectivity index (χ1v) is 14.8. The maximum atomic E-state index is 11.9. The zero-order chi connectivity index (χ0) is 29.2. The third-order valence-corrected chi connectivity index (χ3v) is 7.63. The van der Waals surface area contributed by atoms with E-state index in [9.17, 15) is 9.90 Å². The van der Waals surface area contributed by atoms with Gasteiger partial charge < -0.3 is 9.84 Å². The van der Waals surface area contributed by atoms with Gasteiger partial charge in [-0.05, 0) is 113 Å². The van der Waals surface area contributed by atoms with E-state index >= 15 is 0 Å². The molecule has 4 rings (SSSR count). The molecule has 0 amide bonds. The highest BCUT2D eigenvalue weighted by Gasteiger charge is 2.11. The lowest BCUT2D eigenvalue weighted by molar-refractivity contribution is -0.138. The summed E-state index contributed by atoms with van der Waals surface area (Å²) in [7, 11) is 0. The molecule has 3 heteroatoms. The van der Waals surface area contributed by atoms with Crippen LogP contribution in [0.25, 0.3) is 33.0 Å². The van der Waals surface area contributed by atoms with Gasteiger partial charge in [0.15, 0.2) is 0 Å². The van der Waals surface area contributed by atoms with E-state index < -0.39 is 0 Å². The van der Waals surface area contributed by atoms with Crippen molar-refractivity contribution in [2.45, 2.75) is 59.3 Å². The highest BCUT2D eigenvalue weighted by molar-refractivity contribution is 5.91. The van der Waals surface area contributed by atoms with Gasteiger partial charge in [-0.1, -0.05) is 86.3 Å². The number of allylic oxidation sites excluding steroid dienone is 2. The summed E-state index contributed by atoms with van der Waals surface area (Å²) in [4.78, 5) is 11.9. The fourth-order valence-corrected chi connectivity index (χ4v) is 5.31. The van der Waals surface area contributed by atoms with Crippen LogP contribution in [0.5, 0.6) is 0 Å². The lowest BCUT2D eigenvalue weighted by atomic mass is 9.92. The van der Waals surface area contributed by atoms with E-state index in [0.717, 1.165) is 42.4 Å². The van der Waals surface area contributed by atoms with Crippen molar-refractivity contribution < 1.29 is 14.6 Å². The van der Waals surface area contributed by atoms with Crippen LogP contribution in [0.2, 0.25) is 0 Å². The van der Waals surface area contributed by atoms with Crippen molar-refractivity contribution in [1.82, 2.24) is 0 Å². The molecular weight excluding hydrogens is 504 g/mol. The molecule has 0 radical (unpaired) electrons. The Hall–Kier alpha value is -3.95. The molecule has 0 fully saturated rings. The Labute approximate surface area is 245 Å². The summed E-state index contributed by atoms with van der Waals surface area (Å²) < 4.78 is 5.37. The second-order valence-electron chi connectivity index (χ2n) is 10.7. The zero-order valence-corrected chi connectivity index (χ0v) is 24.7. The topological polar surface area (TPSA) is 46.5 Å². The predicted molar refractivity (Wildman–Crippen MR) is 172 cm³/mol. The quantitative estimate of drug-likeness (QED) is 0.104. The maximum Gasteiger partial charge on any atom is 0.333 e. The summed E-state index contributed by atoms with van der Waals surface area (Å²) in [6, 6.07) is 26.8. The van der Waals surface area contributed by atoms with Gasteiger partial charge in [-0.2, -0.15) is 0 Å². The Morgan fingerprint density at radius 1 is 0.829 bits per heavy atom. The van der Waals surface area contributed by atoms with Gasteiger partial charge in [0.25, 0.3) is 0 Å². The minimum absolute atomic E-state index is 0.152. The highest BCUT2D eigenvalue weighted by atomic mass is 16.5. The summed E-state index contributed by atoms with van der Waals surface area (Å²) in [5.41, 5.74) is 10.4. The number of fused-ring (bicyclic) bond motifs is 1. The summed E-state index contributed by atoms with van der Waals surface area (Å²) in [6.45, 7) is 10.1. The minimum atomic E-state index is -0.363. The predicted octanol–water partition coefficient (Wildman–Crippen LogP) is 8.83. The molecule has 0 aliphatic rings. The standard InChI is InChI=1S/C38H42O3/c1-5-7-8-10-28-12-19-37(29(6-2)23-28)36-18-17-33-24-32(15-16-34(33)26-36)31-14-13-30(11-9-21-39)35(25-31)20-22-41-38(40)27(3)4/h5,7,12-19,23-26,39H,3,6,8-11,20-22H2,1-2,4H3/b7-5+. The van der Waals surface area contributed by atoms with Crippen LogP contribution < -0.4 is 0 Å². The lowest BCUT2D eigenvalue weighted by Gasteiger charge is -2.14. The Morgan fingerprint density at radius 2 is 1.54 bits per heavy atom. The Bertz CT molecular complexity index is 1540. The van der Waals surface area contributed by atoms with Crippen molar-refractivity contribution in [1.29, 1.82) is 0 Å². The van der Waals surface area contributed by atoms with Crippen molar-refractivity contribution in [3.05, 3.63) is 119 Å². The number of carbonyl (C=O) groups excluding carboxylic acids is 1. The number of hydrogen-bond acceptors (Lipinski definition) is 3. The zero-order valence-electron chi connectivity index (χ0n) is 24.7. The Balaban J connectivity index is 1.59. The largest absolute Gasteiger partial charge is 0.462 e. The summed E-state index contributed by atoms with van der Waals surface area (Å²) in [5, 5.41) is 11.8. The fraction of sp³-hybridized carbons (Fsp3) is 0.289. The molecule has 0 saturated heterocycles. The van der Waals surface area contributed by atoms with Crippen LogP contribution in [0, 0.1) is 0 Å². The first-order valence-electron chi connectivity index (χ1n) is 14.8. The third-order valence-electron chi connectivity index (χ3n) is 7.63. The fourth-order valence-electron chi connectivity index (χ4n) is 5.31. The molecule has 3 nitrogen and oxygen atoms in total. The van der Waals surface area contributed by atoms with Gasteiger partial charge in [-0.25, -0.2) is 4.79 Å². The SMILES string of the molecule is C=C(C)C(=O)OCCc1cc(-c2ccc3cc(-c4ccc(CC/C=C/C)cc4CC)ccc3c2)ccc1CCCO. The monoisotopic (exact) mass is 546 g/mol.